The first-order valence-corrected chi connectivity index (χ1v) is 13.3. The highest BCUT2D eigenvalue weighted by Crippen LogP contribution is 2.40. The third-order valence-corrected chi connectivity index (χ3v) is 7.41. The highest BCUT2D eigenvalue weighted by Gasteiger charge is 2.21. The zero-order valence-corrected chi connectivity index (χ0v) is 22.3. The molecule has 0 saturated carbocycles. The summed E-state index contributed by atoms with van der Waals surface area (Å²) in [5.74, 6) is -1.71. The maximum Gasteiger partial charge on any atom is 0.263 e. The number of aromatic nitrogens is 1. The van der Waals surface area contributed by atoms with Crippen LogP contribution in [0.4, 0.5) is 14.5 Å². The molecular formula is C26H20Cl2F2N2O5S. The van der Waals surface area contributed by atoms with Crippen molar-refractivity contribution < 1.29 is 26.7 Å². The number of ether oxygens (including phenoxy) is 2. The molecule has 1 heterocycles. The number of nitrogens with one attached hydrogen (secondary N) is 1. The molecule has 0 radical (unpaired) electrons. The van der Waals surface area contributed by atoms with Crippen LogP contribution in [0.5, 0.6) is 17.2 Å². The van der Waals surface area contributed by atoms with Gasteiger partial charge in [0.15, 0.2) is 11.6 Å². The molecule has 0 spiro atoms. The second kappa shape index (κ2) is 11.0. The number of pyridine rings is 1. The Morgan fingerprint density at radius 1 is 0.921 bits per heavy atom. The summed E-state index contributed by atoms with van der Waals surface area (Å²) < 4.78 is 69.1. The van der Waals surface area contributed by atoms with Gasteiger partial charge in [0.05, 0.1) is 11.6 Å². The lowest BCUT2D eigenvalue weighted by atomic mass is 10.0. The fourth-order valence-corrected chi connectivity index (χ4v) is 5.39. The summed E-state index contributed by atoms with van der Waals surface area (Å²) in [4.78, 5) is 12.1. The van der Waals surface area contributed by atoms with E-state index in [1.165, 1.54) is 60.3 Å². The van der Waals surface area contributed by atoms with Crippen LogP contribution in [0.3, 0.4) is 0 Å². The van der Waals surface area contributed by atoms with Crippen LogP contribution in [-0.2, 0) is 17.1 Å². The van der Waals surface area contributed by atoms with Crippen LogP contribution < -0.4 is 19.8 Å². The van der Waals surface area contributed by atoms with Gasteiger partial charge in [-0.1, -0.05) is 23.2 Å². The molecule has 0 atom stereocenters. The number of hydrogen-bond donors (Lipinski definition) is 1. The molecular weight excluding hydrogens is 561 g/mol. The van der Waals surface area contributed by atoms with E-state index in [4.69, 9.17) is 32.7 Å². The predicted molar refractivity (Wildman–Crippen MR) is 142 cm³/mol. The van der Waals surface area contributed by atoms with Crippen LogP contribution >= 0.6 is 23.2 Å². The Balaban J connectivity index is 1.86. The van der Waals surface area contributed by atoms with Crippen molar-refractivity contribution in [2.75, 3.05) is 11.3 Å². The lowest BCUT2D eigenvalue weighted by Gasteiger charge is -2.18. The van der Waals surface area contributed by atoms with Crippen molar-refractivity contribution in [1.82, 2.24) is 4.57 Å². The van der Waals surface area contributed by atoms with Gasteiger partial charge in [-0.3, -0.25) is 9.52 Å². The Kier molecular flexibility index (Phi) is 7.96. The van der Waals surface area contributed by atoms with Crippen LogP contribution in [0.1, 0.15) is 6.92 Å². The smallest absolute Gasteiger partial charge is 0.263 e. The summed E-state index contributed by atoms with van der Waals surface area (Å²) in [7, 11) is -2.62. The monoisotopic (exact) mass is 580 g/mol. The normalized spacial score (nSPS) is 11.3. The van der Waals surface area contributed by atoms with Crippen molar-refractivity contribution in [1.29, 1.82) is 0 Å². The summed E-state index contributed by atoms with van der Waals surface area (Å²) in [5.41, 5.74) is 0.375. The Morgan fingerprint density at radius 2 is 1.66 bits per heavy atom. The maximum absolute atomic E-state index is 14.4. The first-order chi connectivity index (χ1) is 18.0. The molecule has 0 aliphatic heterocycles. The molecule has 38 heavy (non-hydrogen) atoms. The van der Waals surface area contributed by atoms with Gasteiger partial charge in [-0.25, -0.2) is 17.2 Å². The second-order valence-corrected chi connectivity index (χ2v) is 10.5. The number of hydrogen-bond acceptors (Lipinski definition) is 5. The SMILES string of the molecule is CCOc1cc(=O)n(C)cc1-c1cc(NS(=O)(=O)c2ccc(Cl)cc2Cl)ccc1Oc1ccc(F)cc1F. The fourth-order valence-electron chi connectivity index (χ4n) is 3.56. The van der Waals surface area contributed by atoms with Crippen molar-refractivity contribution in [3.8, 4) is 28.4 Å². The Hall–Kier alpha value is -3.60. The summed E-state index contributed by atoms with van der Waals surface area (Å²) >= 11 is 12.0. The molecule has 7 nitrogen and oxygen atoms in total. The van der Waals surface area contributed by atoms with Gasteiger partial charge in [-0.15, -0.1) is 0 Å². The minimum absolute atomic E-state index is 0.0753. The van der Waals surface area contributed by atoms with E-state index in [2.05, 4.69) is 4.72 Å². The number of rotatable bonds is 8. The van der Waals surface area contributed by atoms with E-state index < -0.39 is 21.7 Å². The van der Waals surface area contributed by atoms with Gasteiger partial charge >= 0.3 is 0 Å². The number of nitrogens with zero attached hydrogens (tertiary/aromatic N) is 1. The summed E-state index contributed by atoms with van der Waals surface area (Å²) in [5, 5.41) is 0.192. The number of halogens is 4. The minimum atomic E-state index is -4.15. The lowest BCUT2D eigenvalue weighted by molar-refractivity contribution is 0.340. The van der Waals surface area contributed by atoms with Crippen molar-refractivity contribution in [2.24, 2.45) is 7.05 Å². The van der Waals surface area contributed by atoms with Crippen LogP contribution in [0.2, 0.25) is 10.0 Å². The Labute approximate surface area is 227 Å². The second-order valence-electron chi connectivity index (χ2n) is 8.00. The summed E-state index contributed by atoms with van der Waals surface area (Å²) in [6.45, 7) is 1.96. The van der Waals surface area contributed by atoms with Crippen molar-refractivity contribution in [3.63, 3.8) is 0 Å². The van der Waals surface area contributed by atoms with Crippen LogP contribution in [-0.4, -0.2) is 19.6 Å². The quantitative estimate of drug-likeness (QED) is 0.253. The van der Waals surface area contributed by atoms with Gasteiger partial charge in [0.1, 0.15) is 22.2 Å². The third kappa shape index (κ3) is 5.93. The lowest BCUT2D eigenvalue weighted by Crippen LogP contribution is -2.16. The van der Waals surface area contributed by atoms with Crippen molar-refractivity contribution >= 4 is 38.9 Å². The number of aryl methyl sites for hydroxylation is 1. The average molecular weight is 581 g/mol. The molecule has 0 saturated heterocycles. The first-order valence-electron chi connectivity index (χ1n) is 11.1. The van der Waals surface area contributed by atoms with Gasteiger partial charge in [-0.05, 0) is 55.5 Å². The van der Waals surface area contributed by atoms with Gasteiger partial charge < -0.3 is 14.0 Å². The van der Waals surface area contributed by atoms with Gasteiger partial charge in [0.2, 0.25) is 0 Å². The maximum atomic E-state index is 14.4. The molecule has 4 aromatic rings. The van der Waals surface area contributed by atoms with Crippen molar-refractivity contribution in [3.05, 3.63) is 98.9 Å². The zero-order chi connectivity index (χ0) is 27.6. The molecule has 0 amide bonds. The molecule has 4 rings (SSSR count). The van der Waals surface area contributed by atoms with Crippen molar-refractivity contribution in [2.45, 2.75) is 11.8 Å². The van der Waals surface area contributed by atoms with E-state index in [9.17, 15) is 22.0 Å². The average Bonchev–Trinajstić information content (AvgIpc) is 2.83. The molecule has 3 aromatic carbocycles. The highest BCUT2D eigenvalue weighted by atomic mass is 35.5. The van der Waals surface area contributed by atoms with Gasteiger partial charge in [0, 0.05) is 47.2 Å². The Bertz CT molecular complexity index is 1690. The van der Waals surface area contributed by atoms with E-state index in [0.717, 1.165) is 12.1 Å². The highest BCUT2D eigenvalue weighted by molar-refractivity contribution is 7.92. The van der Waals surface area contributed by atoms with Crippen LogP contribution in [0, 0.1) is 11.6 Å². The van der Waals surface area contributed by atoms with Crippen LogP contribution in [0.25, 0.3) is 11.1 Å². The molecule has 0 aliphatic carbocycles. The molecule has 12 heteroatoms. The first kappa shape index (κ1) is 27.4. The third-order valence-electron chi connectivity index (χ3n) is 5.31. The van der Waals surface area contributed by atoms with E-state index >= 15 is 0 Å². The number of sulfonamides is 1. The van der Waals surface area contributed by atoms with E-state index in [1.807, 2.05) is 0 Å². The van der Waals surface area contributed by atoms with Gasteiger partial charge in [0.25, 0.3) is 15.6 Å². The Morgan fingerprint density at radius 3 is 2.34 bits per heavy atom. The van der Waals surface area contributed by atoms with Crippen LogP contribution in [0.15, 0.2) is 76.6 Å². The largest absolute Gasteiger partial charge is 0.493 e. The molecule has 1 aromatic heterocycles. The number of anilines is 1. The molecule has 198 valence electrons. The summed E-state index contributed by atoms with van der Waals surface area (Å²) in [6.07, 6.45) is 1.48. The molecule has 0 fully saturated rings. The van der Waals surface area contributed by atoms with E-state index in [0.29, 0.717) is 11.6 Å². The topological polar surface area (TPSA) is 86.6 Å². The molecule has 0 aliphatic rings. The molecule has 1 N–H and O–H groups in total. The number of benzene rings is 3. The minimum Gasteiger partial charge on any atom is -0.493 e. The van der Waals surface area contributed by atoms with E-state index in [1.54, 1.807) is 6.92 Å². The molecule has 0 unspecified atom stereocenters. The zero-order valence-electron chi connectivity index (χ0n) is 20.0. The molecule has 0 bridgehead atoms. The summed E-state index contributed by atoms with van der Waals surface area (Å²) in [6, 6.07) is 12.3. The van der Waals surface area contributed by atoms with Gasteiger partial charge in [-0.2, -0.15) is 0 Å². The fraction of sp³-hybridized carbons (Fsp3) is 0.115. The predicted octanol–water partition coefficient (Wildman–Crippen LogP) is 6.63. The standard InChI is InChI=1S/C26H20Cl2F2N2O5S/c1-3-36-24-13-26(33)32(2)14-19(24)18-12-17(31-38(34,35)25-9-4-15(27)10-20(25)28)6-8-22(18)37-23-7-5-16(29)11-21(23)30/h4-14,31H,3H2,1-2H3. The van der Waals surface area contributed by atoms with E-state index in [-0.39, 0.29) is 55.6 Å².